The van der Waals surface area contributed by atoms with Crippen molar-refractivity contribution in [3.8, 4) is 0 Å². The second kappa shape index (κ2) is 9.27. The molecule has 0 amide bonds. The summed E-state index contributed by atoms with van der Waals surface area (Å²) in [6, 6.07) is 7.85. The molecule has 0 saturated heterocycles. The van der Waals surface area contributed by atoms with Crippen LogP contribution in [0.1, 0.15) is 42.4 Å². The molecule has 1 heterocycles. The van der Waals surface area contributed by atoms with Crippen molar-refractivity contribution in [2.45, 2.75) is 67.6 Å². The van der Waals surface area contributed by atoms with E-state index in [9.17, 15) is 16.8 Å². The van der Waals surface area contributed by atoms with Gasteiger partial charge in [-0.15, -0.1) is 0 Å². The Labute approximate surface area is 203 Å². The number of anilines is 1. The lowest BCUT2D eigenvalue weighted by Gasteiger charge is -2.32. The van der Waals surface area contributed by atoms with Crippen LogP contribution in [0.25, 0.3) is 0 Å². The molecule has 2 aliphatic rings. The van der Waals surface area contributed by atoms with Crippen LogP contribution in [-0.4, -0.2) is 40.4 Å². The van der Waals surface area contributed by atoms with Crippen molar-refractivity contribution < 1.29 is 21.6 Å². The fourth-order valence-electron chi connectivity index (χ4n) is 4.60. The minimum absolute atomic E-state index is 0.0551. The van der Waals surface area contributed by atoms with Gasteiger partial charge in [0.15, 0.2) is 0 Å². The second-order valence-corrected chi connectivity index (χ2v) is 12.9. The van der Waals surface area contributed by atoms with Gasteiger partial charge in [-0.3, -0.25) is 0 Å². The van der Waals surface area contributed by atoms with E-state index in [2.05, 4.69) is 21.2 Å². The molecule has 1 saturated carbocycles. The van der Waals surface area contributed by atoms with Gasteiger partial charge in [-0.05, 0) is 54.7 Å². The summed E-state index contributed by atoms with van der Waals surface area (Å²) in [6.45, 7) is 2.38. The van der Waals surface area contributed by atoms with Crippen molar-refractivity contribution >= 4 is 41.7 Å². The number of benzene rings is 2. The van der Waals surface area contributed by atoms with Crippen molar-refractivity contribution in [1.82, 2.24) is 4.31 Å². The standard InChI is InChI=1S/C22H28BrN3O5S2/c1-14-7-8-15-12-26(13-17(15)22(14)23)33(29,30)16-9-10-19(21(11-16)32(24,27)28)25-18-5-3-4-6-20(18)31-2/h7-11,18,20,25H,3-6,12-13H2,1-2H3,(H2,24,27,28)/t18-,20-/m1/s1. The first-order chi connectivity index (χ1) is 15.5. The van der Waals surface area contributed by atoms with Gasteiger partial charge < -0.3 is 10.1 Å². The Bertz CT molecular complexity index is 1280. The molecule has 0 aromatic heterocycles. The highest BCUT2D eigenvalue weighted by Crippen LogP contribution is 2.36. The molecule has 1 aliphatic carbocycles. The number of halogens is 1. The largest absolute Gasteiger partial charge is 0.379 e. The molecule has 0 radical (unpaired) electrons. The van der Waals surface area contributed by atoms with Gasteiger partial charge in [0.25, 0.3) is 0 Å². The topological polar surface area (TPSA) is 119 Å². The summed E-state index contributed by atoms with van der Waals surface area (Å²) in [4.78, 5) is -0.345. The third-order valence-electron chi connectivity index (χ3n) is 6.46. The third-order valence-corrected chi connectivity index (χ3v) is 10.3. The smallest absolute Gasteiger partial charge is 0.243 e. The predicted octanol–water partition coefficient (Wildman–Crippen LogP) is 3.48. The van der Waals surface area contributed by atoms with Gasteiger partial charge in [0.1, 0.15) is 4.90 Å². The molecule has 8 nitrogen and oxygen atoms in total. The summed E-state index contributed by atoms with van der Waals surface area (Å²) in [5.74, 6) is 0. The van der Waals surface area contributed by atoms with Crippen LogP contribution in [0, 0.1) is 6.92 Å². The van der Waals surface area contributed by atoms with E-state index in [1.807, 2.05) is 19.1 Å². The molecule has 4 rings (SSSR count). The van der Waals surface area contributed by atoms with Crippen LogP contribution in [0.3, 0.4) is 0 Å². The highest BCUT2D eigenvalue weighted by atomic mass is 79.9. The molecule has 1 fully saturated rings. The maximum Gasteiger partial charge on any atom is 0.243 e. The summed E-state index contributed by atoms with van der Waals surface area (Å²) >= 11 is 3.55. The van der Waals surface area contributed by atoms with Crippen LogP contribution in [0.2, 0.25) is 0 Å². The lowest BCUT2D eigenvalue weighted by Crippen LogP contribution is -2.38. The summed E-state index contributed by atoms with van der Waals surface area (Å²) in [7, 11) is -6.48. The first kappa shape index (κ1) is 24.6. The minimum atomic E-state index is -4.17. The molecular formula is C22H28BrN3O5S2. The Hall–Kier alpha value is -1.50. The van der Waals surface area contributed by atoms with Crippen molar-refractivity contribution in [2.24, 2.45) is 5.14 Å². The summed E-state index contributed by atoms with van der Waals surface area (Å²) in [6.07, 6.45) is 3.68. The minimum Gasteiger partial charge on any atom is -0.379 e. The number of aryl methyl sites for hydroxylation is 1. The molecule has 2 atom stereocenters. The summed E-state index contributed by atoms with van der Waals surface area (Å²) in [5.41, 5.74) is 3.15. The van der Waals surface area contributed by atoms with Gasteiger partial charge in [0, 0.05) is 24.7 Å². The zero-order valence-corrected chi connectivity index (χ0v) is 21.8. The molecule has 2 aromatic rings. The fourth-order valence-corrected chi connectivity index (χ4v) is 7.32. The zero-order valence-electron chi connectivity index (χ0n) is 18.5. The normalized spacial score (nSPS) is 21.7. The lowest BCUT2D eigenvalue weighted by atomic mass is 9.92. The summed E-state index contributed by atoms with van der Waals surface area (Å²) in [5, 5.41) is 8.72. The van der Waals surface area contributed by atoms with Crippen LogP contribution in [0.5, 0.6) is 0 Å². The monoisotopic (exact) mass is 557 g/mol. The predicted molar refractivity (Wildman–Crippen MR) is 130 cm³/mol. The number of nitrogens with two attached hydrogens (primary N) is 1. The van der Waals surface area contributed by atoms with Gasteiger partial charge in [0.05, 0.1) is 22.7 Å². The Morgan fingerprint density at radius 3 is 2.52 bits per heavy atom. The number of fused-ring (bicyclic) bond motifs is 1. The number of primary sulfonamides is 1. The highest BCUT2D eigenvalue weighted by molar-refractivity contribution is 9.10. The molecule has 11 heteroatoms. The molecule has 2 aromatic carbocycles. The molecule has 0 spiro atoms. The average molecular weight is 559 g/mol. The average Bonchev–Trinajstić information content (AvgIpc) is 3.22. The first-order valence-electron chi connectivity index (χ1n) is 10.8. The quantitative estimate of drug-likeness (QED) is 0.561. The van der Waals surface area contributed by atoms with E-state index >= 15 is 0 Å². The van der Waals surface area contributed by atoms with E-state index in [1.165, 1.54) is 16.4 Å². The van der Waals surface area contributed by atoms with Gasteiger partial charge >= 0.3 is 0 Å². The lowest BCUT2D eigenvalue weighted by molar-refractivity contribution is 0.0605. The summed E-state index contributed by atoms with van der Waals surface area (Å²) < 4.78 is 59.4. The van der Waals surface area contributed by atoms with Crippen LogP contribution in [0.4, 0.5) is 5.69 Å². The number of nitrogens with zero attached hydrogens (tertiary/aromatic N) is 1. The van der Waals surface area contributed by atoms with Crippen LogP contribution in [0.15, 0.2) is 44.6 Å². The van der Waals surface area contributed by atoms with Crippen molar-refractivity contribution in [2.75, 3.05) is 12.4 Å². The molecular weight excluding hydrogens is 530 g/mol. The molecule has 0 unspecified atom stereocenters. The number of rotatable bonds is 6. The fraction of sp³-hybridized carbons (Fsp3) is 0.455. The van der Waals surface area contributed by atoms with Gasteiger partial charge in [-0.2, -0.15) is 4.31 Å². The number of hydrogen-bond donors (Lipinski definition) is 2. The number of nitrogens with one attached hydrogen (secondary N) is 1. The van der Waals surface area contributed by atoms with Gasteiger partial charge in [0.2, 0.25) is 20.0 Å². The van der Waals surface area contributed by atoms with Gasteiger partial charge in [-0.1, -0.05) is 40.9 Å². The van der Waals surface area contributed by atoms with E-state index in [0.717, 1.165) is 52.9 Å². The van der Waals surface area contributed by atoms with E-state index in [-0.39, 0.29) is 40.7 Å². The highest BCUT2D eigenvalue weighted by Gasteiger charge is 2.34. The van der Waals surface area contributed by atoms with Crippen LogP contribution >= 0.6 is 15.9 Å². The molecule has 1 aliphatic heterocycles. The van der Waals surface area contributed by atoms with E-state index < -0.39 is 20.0 Å². The van der Waals surface area contributed by atoms with Crippen LogP contribution < -0.4 is 10.5 Å². The Balaban J connectivity index is 1.67. The number of sulfonamides is 2. The van der Waals surface area contributed by atoms with E-state index in [1.54, 1.807) is 7.11 Å². The maximum absolute atomic E-state index is 13.4. The van der Waals surface area contributed by atoms with Crippen molar-refractivity contribution in [3.05, 3.63) is 51.5 Å². The number of hydrogen-bond acceptors (Lipinski definition) is 6. The van der Waals surface area contributed by atoms with E-state index in [0.29, 0.717) is 0 Å². The van der Waals surface area contributed by atoms with Crippen molar-refractivity contribution in [1.29, 1.82) is 0 Å². The van der Waals surface area contributed by atoms with Crippen molar-refractivity contribution in [3.63, 3.8) is 0 Å². The first-order valence-corrected chi connectivity index (χ1v) is 14.5. The second-order valence-electron chi connectivity index (χ2n) is 8.62. The SMILES string of the molecule is CO[C@@H]1CCCC[C@H]1Nc1ccc(S(=O)(=O)N2Cc3ccc(C)c(Br)c3C2)cc1S(N)(=O)=O. The van der Waals surface area contributed by atoms with Gasteiger partial charge in [-0.25, -0.2) is 22.0 Å². The molecule has 180 valence electrons. The number of ether oxygens (including phenoxy) is 1. The molecule has 3 N–H and O–H groups in total. The molecule has 0 bridgehead atoms. The Kier molecular flexibility index (Phi) is 6.92. The van der Waals surface area contributed by atoms with E-state index in [4.69, 9.17) is 9.88 Å². The Morgan fingerprint density at radius 1 is 1.09 bits per heavy atom. The maximum atomic E-state index is 13.4. The third kappa shape index (κ3) is 4.85. The Morgan fingerprint density at radius 2 is 1.82 bits per heavy atom. The van der Waals surface area contributed by atoms with Crippen LogP contribution in [-0.2, 0) is 37.9 Å². The molecule has 33 heavy (non-hydrogen) atoms. The zero-order chi connectivity index (χ0) is 24.0. The number of methoxy groups -OCH3 is 1.